The van der Waals surface area contributed by atoms with Crippen LogP contribution >= 0.6 is 0 Å². The van der Waals surface area contributed by atoms with Crippen molar-refractivity contribution < 1.29 is 4.84 Å². The normalized spacial score (nSPS) is 9.50. The Morgan fingerprint density at radius 1 is 1.30 bits per heavy atom. The molecule has 0 aliphatic carbocycles. The zero-order chi connectivity index (χ0) is 7.56. The average molecular weight is 139 g/mol. The van der Waals surface area contributed by atoms with Crippen LogP contribution in [0.2, 0.25) is 0 Å². The van der Waals surface area contributed by atoms with Crippen molar-refractivity contribution in [2.45, 2.75) is 13.8 Å². The van der Waals surface area contributed by atoms with Crippen molar-refractivity contribution in [1.29, 1.82) is 0 Å². The van der Waals surface area contributed by atoms with Crippen LogP contribution in [-0.2, 0) is 0 Å². The molecule has 0 unspecified atom stereocenters. The first kappa shape index (κ1) is 6.95. The van der Waals surface area contributed by atoms with Crippen LogP contribution in [-0.4, -0.2) is 9.97 Å². The maximum absolute atomic E-state index is 4.86. The van der Waals surface area contributed by atoms with Crippen LogP contribution in [0.5, 0.6) is 6.01 Å². The molecule has 54 valence electrons. The molecule has 1 rings (SSSR count). The monoisotopic (exact) mass is 139 g/mol. The van der Waals surface area contributed by atoms with Gasteiger partial charge in [-0.1, -0.05) is 0 Å². The molecule has 1 heterocycles. The van der Waals surface area contributed by atoms with Crippen LogP contribution in [0.3, 0.4) is 0 Å². The van der Waals surface area contributed by atoms with Gasteiger partial charge in [0.05, 0.1) is 0 Å². The lowest BCUT2D eigenvalue weighted by atomic mass is 10.4. The summed E-state index contributed by atoms with van der Waals surface area (Å²) in [6.07, 6.45) is 0. The van der Waals surface area contributed by atoms with Gasteiger partial charge < -0.3 is 4.84 Å². The van der Waals surface area contributed by atoms with Crippen LogP contribution in [0.1, 0.15) is 11.4 Å². The minimum absolute atomic E-state index is 0.220. The smallest absolute Gasteiger partial charge is 0.335 e. The Labute approximate surface area is 59.0 Å². The van der Waals surface area contributed by atoms with Crippen molar-refractivity contribution in [2.75, 3.05) is 0 Å². The van der Waals surface area contributed by atoms with E-state index in [9.17, 15) is 0 Å². The average Bonchev–Trinajstić information content (AvgIpc) is 1.85. The van der Waals surface area contributed by atoms with Crippen LogP contribution in [0.25, 0.3) is 0 Å². The van der Waals surface area contributed by atoms with E-state index in [1.807, 2.05) is 19.9 Å². The molecule has 4 heteroatoms. The van der Waals surface area contributed by atoms with Gasteiger partial charge in [0.25, 0.3) is 0 Å². The van der Waals surface area contributed by atoms with Gasteiger partial charge in [-0.25, -0.2) is 0 Å². The number of aryl methyl sites for hydroxylation is 2. The first-order valence-electron chi connectivity index (χ1n) is 2.91. The van der Waals surface area contributed by atoms with E-state index in [1.165, 1.54) is 0 Å². The van der Waals surface area contributed by atoms with Gasteiger partial charge in [-0.15, -0.1) is 0 Å². The van der Waals surface area contributed by atoms with Crippen LogP contribution in [0.15, 0.2) is 6.07 Å². The molecular formula is C6H9N3O. The standard InChI is InChI=1S/C6H9N3O/c1-4-3-5(2)9-6(8-4)10-7/h3H,7H2,1-2H3. The van der Waals surface area contributed by atoms with E-state index in [2.05, 4.69) is 14.8 Å². The van der Waals surface area contributed by atoms with E-state index in [4.69, 9.17) is 5.90 Å². The van der Waals surface area contributed by atoms with Crippen molar-refractivity contribution in [2.24, 2.45) is 5.90 Å². The number of hydrogen-bond donors (Lipinski definition) is 1. The van der Waals surface area contributed by atoms with Gasteiger partial charge in [-0.2, -0.15) is 15.9 Å². The first-order chi connectivity index (χ1) is 4.72. The van der Waals surface area contributed by atoms with Gasteiger partial charge >= 0.3 is 6.01 Å². The third kappa shape index (κ3) is 1.41. The Morgan fingerprint density at radius 3 is 2.20 bits per heavy atom. The minimum Gasteiger partial charge on any atom is -0.371 e. The van der Waals surface area contributed by atoms with Crippen molar-refractivity contribution in [3.63, 3.8) is 0 Å². The number of nitrogens with zero attached hydrogens (tertiary/aromatic N) is 2. The summed E-state index contributed by atoms with van der Waals surface area (Å²) in [4.78, 5) is 12.1. The lowest BCUT2D eigenvalue weighted by Gasteiger charge is -1.98. The highest BCUT2D eigenvalue weighted by Gasteiger charge is 1.96. The summed E-state index contributed by atoms with van der Waals surface area (Å²) in [5, 5.41) is 0. The maximum Gasteiger partial charge on any atom is 0.335 e. The molecule has 0 aliphatic rings. The molecule has 4 nitrogen and oxygen atoms in total. The molecule has 0 spiro atoms. The molecule has 0 bridgehead atoms. The zero-order valence-electron chi connectivity index (χ0n) is 5.96. The SMILES string of the molecule is Cc1cc(C)nc(ON)n1. The van der Waals surface area contributed by atoms with Gasteiger partial charge in [-0.05, 0) is 19.9 Å². The second kappa shape index (κ2) is 2.62. The van der Waals surface area contributed by atoms with Gasteiger partial charge in [-0.3, -0.25) is 0 Å². The van der Waals surface area contributed by atoms with Gasteiger partial charge in [0, 0.05) is 11.4 Å². The van der Waals surface area contributed by atoms with Crippen molar-refractivity contribution in [3.8, 4) is 6.01 Å². The molecule has 2 N–H and O–H groups in total. The second-order valence-electron chi connectivity index (χ2n) is 2.05. The molecule has 0 aromatic carbocycles. The Bertz CT molecular complexity index is 216. The van der Waals surface area contributed by atoms with E-state index in [-0.39, 0.29) is 6.01 Å². The molecule has 0 saturated heterocycles. The molecule has 0 amide bonds. The Balaban J connectivity index is 3.06. The van der Waals surface area contributed by atoms with Crippen LogP contribution in [0, 0.1) is 13.8 Å². The molecule has 1 aromatic heterocycles. The van der Waals surface area contributed by atoms with Gasteiger partial charge in [0.2, 0.25) is 0 Å². The van der Waals surface area contributed by atoms with E-state index in [0.717, 1.165) is 11.4 Å². The molecule has 10 heavy (non-hydrogen) atoms. The Kier molecular flexibility index (Phi) is 1.82. The van der Waals surface area contributed by atoms with E-state index >= 15 is 0 Å². The van der Waals surface area contributed by atoms with Crippen LogP contribution < -0.4 is 10.7 Å². The Hall–Kier alpha value is -1.16. The Morgan fingerprint density at radius 2 is 1.80 bits per heavy atom. The van der Waals surface area contributed by atoms with E-state index < -0.39 is 0 Å². The summed E-state index contributed by atoms with van der Waals surface area (Å²) in [6, 6.07) is 2.07. The van der Waals surface area contributed by atoms with Gasteiger partial charge in [0.15, 0.2) is 0 Å². The molecule has 1 aromatic rings. The predicted molar refractivity (Wildman–Crippen MR) is 36.3 cm³/mol. The van der Waals surface area contributed by atoms with E-state index in [1.54, 1.807) is 0 Å². The van der Waals surface area contributed by atoms with Crippen LogP contribution in [0.4, 0.5) is 0 Å². The lowest BCUT2D eigenvalue weighted by Crippen LogP contribution is -2.06. The molecule has 0 atom stereocenters. The van der Waals surface area contributed by atoms with E-state index in [0.29, 0.717) is 0 Å². The lowest BCUT2D eigenvalue weighted by molar-refractivity contribution is 0.304. The first-order valence-corrected chi connectivity index (χ1v) is 2.91. The summed E-state index contributed by atoms with van der Waals surface area (Å²) in [7, 11) is 0. The van der Waals surface area contributed by atoms with Gasteiger partial charge in [0.1, 0.15) is 0 Å². The fraction of sp³-hybridized carbons (Fsp3) is 0.333. The minimum atomic E-state index is 0.220. The summed E-state index contributed by atoms with van der Waals surface area (Å²) >= 11 is 0. The summed E-state index contributed by atoms with van der Waals surface area (Å²) in [6.45, 7) is 3.72. The van der Waals surface area contributed by atoms with Crippen molar-refractivity contribution in [3.05, 3.63) is 17.5 Å². The number of rotatable bonds is 1. The summed E-state index contributed by atoms with van der Waals surface area (Å²) < 4.78 is 0. The number of hydrogen-bond acceptors (Lipinski definition) is 4. The third-order valence-corrected chi connectivity index (χ3v) is 1.07. The van der Waals surface area contributed by atoms with Crippen molar-refractivity contribution >= 4 is 0 Å². The maximum atomic E-state index is 4.86. The third-order valence-electron chi connectivity index (χ3n) is 1.07. The molecule has 0 aliphatic heterocycles. The number of aromatic nitrogens is 2. The fourth-order valence-corrected chi connectivity index (χ4v) is 0.746. The second-order valence-corrected chi connectivity index (χ2v) is 2.05. The largest absolute Gasteiger partial charge is 0.371 e. The quantitative estimate of drug-likeness (QED) is 0.570. The molecular weight excluding hydrogens is 130 g/mol. The number of nitrogens with two attached hydrogens (primary N) is 1. The topological polar surface area (TPSA) is 61.0 Å². The highest BCUT2D eigenvalue weighted by Crippen LogP contribution is 2.03. The summed E-state index contributed by atoms with van der Waals surface area (Å²) in [5.41, 5.74) is 1.71. The fourth-order valence-electron chi connectivity index (χ4n) is 0.746. The molecule has 0 saturated carbocycles. The predicted octanol–water partition coefficient (Wildman–Crippen LogP) is 0.346. The molecule has 0 radical (unpaired) electrons. The highest BCUT2D eigenvalue weighted by molar-refractivity contribution is 5.10. The highest BCUT2D eigenvalue weighted by atomic mass is 16.6. The zero-order valence-corrected chi connectivity index (χ0v) is 5.96. The molecule has 0 fully saturated rings. The summed E-state index contributed by atoms with van der Waals surface area (Å²) in [5.74, 6) is 4.86. The van der Waals surface area contributed by atoms with Crippen molar-refractivity contribution in [1.82, 2.24) is 9.97 Å².